The third-order valence-electron chi connectivity index (χ3n) is 3.93. The third kappa shape index (κ3) is 3.45. The van der Waals surface area contributed by atoms with Gasteiger partial charge in [0.25, 0.3) is 0 Å². The van der Waals surface area contributed by atoms with Crippen LogP contribution in [0.4, 0.5) is 0 Å². The second-order valence-electron chi connectivity index (χ2n) is 5.51. The first kappa shape index (κ1) is 15.8. The van der Waals surface area contributed by atoms with E-state index in [0.717, 1.165) is 22.6 Å². The third-order valence-corrected chi connectivity index (χ3v) is 6.88. The van der Waals surface area contributed by atoms with Gasteiger partial charge >= 0.3 is 0 Å². The van der Waals surface area contributed by atoms with Crippen LogP contribution in [0.15, 0.2) is 54.6 Å². The summed E-state index contributed by atoms with van der Waals surface area (Å²) >= 11 is 3.85. The molecule has 1 fully saturated rings. The van der Waals surface area contributed by atoms with Crippen molar-refractivity contribution in [3.8, 4) is 5.75 Å². The number of phenolic OH excluding ortho intramolecular Hbond substituents is 1. The van der Waals surface area contributed by atoms with Gasteiger partial charge in [-0.05, 0) is 41.2 Å². The van der Waals surface area contributed by atoms with Crippen LogP contribution >= 0.6 is 23.5 Å². The summed E-state index contributed by atoms with van der Waals surface area (Å²) in [5, 5.41) is 21.3. The lowest BCUT2D eigenvalue weighted by Gasteiger charge is -2.34. The highest BCUT2D eigenvalue weighted by atomic mass is 32.2. The van der Waals surface area contributed by atoms with E-state index in [2.05, 4.69) is 0 Å². The van der Waals surface area contributed by atoms with Gasteiger partial charge in [-0.15, -0.1) is 23.5 Å². The predicted octanol–water partition coefficient (Wildman–Crippen LogP) is 4.21. The van der Waals surface area contributed by atoms with Crippen LogP contribution in [0.25, 0.3) is 0 Å². The summed E-state index contributed by atoms with van der Waals surface area (Å²) in [7, 11) is 0. The van der Waals surface area contributed by atoms with Crippen LogP contribution < -0.4 is 0 Å². The first-order chi connectivity index (χ1) is 10.7. The number of thioether (sulfide) groups is 2. The van der Waals surface area contributed by atoms with Gasteiger partial charge in [-0.2, -0.15) is 0 Å². The molecule has 1 heterocycles. The van der Waals surface area contributed by atoms with Gasteiger partial charge in [0.05, 0.1) is 4.58 Å². The second-order valence-corrected chi connectivity index (χ2v) is 8.43. The van der Waals surface area contributed by atoms with Crippen molar-refractivity contribution in [3.63, 3.8) is 0 Å². The molecule has 116 valence electrons. The first-order valence-electron chi connectivity index (χ1n) is 7.49. The Morgan fingerprint density at radius 2 is 1.64 bits per heavy atom. The number of phenols is 1. The molecule has 2 N–H and O–H groups in total. The van der Waals surface area contributed by atoms with Gasteiger partial charge in [0.1, 0.15) is 11.4 Å². The first-order valence-corrected chi connectivity index (χ1v) is 9.59. The van der Waals surface area contributed by atoms with E-state index >= 15 is 0 Å². The minimum atomic E-state index is -1.07. The van der Waals surface area contributed by atoms with Gasteiger partial charge in [0.2, 0.25) is 0 Å². The Morgan fingerprint density at radius 1 is 0.955 bits per heavy atom. The summed E-state index contributed by atoms with van der Waals surface area (Å²) in [5.74, 6) is 2.50. The molecule has 4 heteroatoms. The molecule has 1 saturated heterocycles. The van der Waals surface area contributed by atoms with E-state index in [0.29, 0.717) is 11.0 Å². The van der Waals surface area contributed by atoms with Gasteiger partial charge in [0.15, 0.2) is 0 Å². The fourth-order valence-electron chi connectivity index (χ4n) is 2.78. The van der Waals surface area contributed by atoms with Gasteiger partial charge < -0.3 is 10.2 Å². The van der Waals surface area contributed by atoms with Gasteiger partial charge in [-0.3, -0.25) is 0 Å². The van der Waals surface area contributed by atoms with Crippen molar-refractivity contribution in [2.24, 2.45) is 0 Å². The number of benzene rings is 2. The summed E-state index contributed by atoms with van der Waals surface area (Å²) in [6.45, 7) is 0. The van der Waals surface area contributed by atoms with Crippen LogP contribution in [0.2, 0.25) is 0 Å². The summed E-state index contributed by atoms with van der Waals surface area (Å²) in [4.78, 5) is 0. The molecule has 3 rings (SSSR count). The Bertz CT molecular complexity index is 611. The molecule has 2 aromatic carbocycles. The van der Waals surface area contributed by atoms with E-state index in [-0.39, 0.29) is 5.75 Å². The zero-order valence-electron chi connectivity index (χ0n) is 12.3. The molecule has 1 atom stereocenters. The highest BCUT2D eigenvalue weighted by molar-refractivity contribution is 8.17. The fraction of sp³-hybridized carbons (Fsp3) is 0.333. The average Bonchev–Trinajstić information content (AvgIpc) is 2.56. The topological polar surface area (TPSA) is 40.5 Å². The van der Waals surface area contributed by atoms with Gasteiger partial charge in [-0.25, -0.2) is 0 Å². The lowest BCUT2D eigenvalue weighted by Crippen LogP contribution is -2.31. The molecular formula is C18H20O2S2. The quantitative estimate of drug-likeness (QED) is 0.880. The molecule has 0 aromatic heterocycles. The van der Waals surface area contributed by atoms with E-state index in [4.69, 9.17) is 0 Å². The number of rotatable bonds is 4. The molecular weight excluding hydrogens is 312 g/mol. The minimum Gasteiger partial charge on any atom is -0.508 e. The second kappa shape index (κ2) is 6.99. The number of hydrogen-bond acceptors (Lipinski definition) is 4. The predicted molar refractivity (Wildman–Crippen MR) is 95.5 cm³/mol. The largest absolute Gasteiger partial charge is 0.508 e. The van der Waals surface area contributed by atoms with Crippen LogP contribution in [-0.2, 0) is 5.60 Å². The van der Waals surface area contributed by atoms with E-state index in [1.807, 2.05) is 59.9 Å². The maximum absolute atomic E-state index is 11.5. The molecule has 1 aliphatic heterocycles. The van der Waals surface area contributed by atoms with Crippen molar-refractivity contribution in [1.29, 1.82) is 0 Å². The molecule has 2 nitrogen and oxygen atoms in total. The Kier molecular flexibility index (Phi) is 5.01. The summed E-state index contributed by atoms with van der Waals surface area (Å²) in [6.07, 6.45) is 1.89. The summed E-state index contributed by atoms with van der Waals surface area (Å²) in [6, 6.07) is 16.8. The van der Waals surface area contributed by atoms with Crippen LogP contribution in [0.1, 0.15) is 24.0 Å². The highest BCUT2D eigenvalue weighted by Gasteiger charge is 2.35. The molecule has 22 heavy (non-hydrogen) atoms. The molecule has 0 amide bonds. The van der Waals surface area contributed by atoms with Gasteiger partial charge in [0, 0.05) is 6.42 Å². The number of hydrogen-bond donors (Lipinski definition) is 2. The summed E-state index contributed by atoms with van der Waals surface area (Å²) < 4.78 is 0.376. The van der Waals surface area contributed by atoms with E-state index in [1.165, 1.54) is 6.42 Å². The molecule has 0 aliphatic carbocycles. The SMILES string of the molecule is Oc1cccc(C(O)(CC2SCCCS2)c2ccccc2)c1. The van der Waals surface area contributed by atoms with Crippen molar-refractivity contribution in [2.75, 3.05) is 11.5 Å². The van der Waals surface area contributed by atoms with Crippen molar-refractivity contribution in [1.82, 2.24) is 0 Å². The minimum absolute atomic E-state index is 0.191. The van der Waals surface area contributed by atoms with Crippen molar-refractivity contribution in [3.05, 3.63) is 65.7 Å². The lowest BCUT2D eigenvalue weighted by atomic mass is 9.84. The normalized spacial score (nSPS) is 18.8. The van der Waals surface area contributed by atoms with Crippen LogP contribution in [0.3, 0.4) is 0 Å². The Balaban J connectivity index is 1.97. The Morgan fingerprint density at radius 3 is 2.32 bits per heavy atom. The molecule has 0 saturated carbocycles. The van der Waals surface area contributed by atoms with Crippen molar-refractivity contribution in [2.45, 2.75) is 23.0 Å². The molecule has 1 unspecified atom stereocenters. The van der Waals surface area contributed by atoms with Crippen molar-refractivity contribution >= 4 is 23.5 Å². The molecule has 2 aromatic rings. The van der Waals surface area contributed by atoms with Crippen LogP contribution in [0.5, 0.6) is 5.75 Å². The Labute approximate surface area is 140 Å². The monoisotopic (exact) mass is 332 g/mol. The summed E-state index contributed by atoms with van der Waals surface area (Å²) in [5.41, 5.74) is 0.569. The highest BCUT2D eigenvalue weighted by Crippen LogP contribution is 2.43. The average molecular weight is 332 g/mol. The molecule has 0 radical (unpaired) electrons. The zero-order valence-corrected chi connectivity index (χ0v) is 13.9. The fourth-order valence-corrected chi connectivity index (χ4v) is 5.79. The van der Waals surface area contributed by atoms with Gasteiger partial charge in [-0.1, -0.05) is 42.5 Å². The molecule has 0 bridgehead atoms. The van der Waals surface area contributed by atoms with Crippen molar-refractivity contribution < 1.29 is 10.2 Å². The molecule has 0 spiro atoms. The maximum Gasteiger partial charge on any atom is 0.117 e. The molecule has 1 aliphatic rings. The smallest absolute Gasteiger partial charge is 0.117 e. The zero-order chi connectivity index (χ0) is 15.4. The maximum atomic E-state index is 11.5. The van der Waals surface area contributed by atoms with E-state index < -0.39 is 5.60 Å². The lowest BCUT2D eigenvalue weighted by molar-refractivity contribution is 0.0755. The van der Waals surface area contributed by atoms with Crippen LogP contribution in [-0.4, -0.2) is 26.3 Å². The van der Waals surface area contributed by atoms with E-state index in [9.17, 15) is 10.2 Å². The standard InChI is InChI=1S/C18H20O2S2/c19-16-9-4-8-15(12-16)18(20,14-6-2-1-3-7-14)13-17-21-10-5-11-22-17/h1-4,6-9,12,17,19-20H,5,10-11,13H2. The van der Waals surface area contributed by atoms with Crippen LogP contribution in [0, 0.1) is 0 Å². The number of aromatic hydroxyl groups is 1. The number of aliphatic hydroxyl groups is 1. The Hall–Kier alpha value is -1.10. The van der Waals surface area contributed by atoms with E-state index in [1.54, 1.807) is 18.2 Å².